The zero-order valence-electron chi connectivity index (χ0n) is 6.77. The lowest BCUT2D eigenvalue weighted by Crippen LogP contribution is -2.34. The van der Waals surface area contributed by atoms with E-state index in [4.69, 9.17) is 40.6 Å². The summed E-state index contributed by atoms with van der Waals surface area (Å²) in [6.07, 6.45) is 0. The quantitative estimate of drug-likeness (QED) is 0.312. The van der Waals surface area contributed by atoms with Crippen molar-refractivity contribution in [2.24, 2.45) is 5.84 Å². The molecule has 1 rings (SSSR count). The van der Waals surface area contributed by atoms with Gasteiger partial charge in [0.05, 0.1) is 20.8 Å². The van der Waals surface area contributed by atoms with Gasteiger partial charge in [0.1, 0.15) is 0 Å². The van der Waals surface area contributed by atoms with Crippen molar-refractivity contribution in [3.05, 3.63) is 27.2 Å². The van der Waals surface area contributed by atoms with Crippen LogP contribution in [0.4, 0.5) is 10.5 Å². The SMILES string of the molecule is NNC(=O)Nc1cc(Cl)c(Cl)cc1Cl. The van der Waals surface area contributed by atoms with Gasteiger partial charge in [-0.25, -0.2) is 10.6 Å². The Bertz CT molecular complexity index is 369. The van der Waals surface area contributed by atoms with E-state index in [1.807, 2.05) is 5.43 Å². The lowest BCUT2D eigenvalue weighted by molar-refractivity contribution is 0.252. The number of nitrogens with two attached hydrogens (primary N) is 1. The van der Waals surface area contributed by atoms with Crippen LogP contribution in [-0.2, 0) is 0 Å². The van der Waals surface area contributed by atoms with E-state index in [1.54, 1.807) is 0 Å². The van der Waals surface area contributed by atoms with Crippen molar-refractivity contribution in [1.29, 1.82) is 0 Å². The first-order valence-corrected chi connectivity index (χ1v) is 4.60. The summed E-state index contributed by atoms with van der Waals surface area (Å²) in [4.78, 5) is 10.8. The maximum atomic E-state index is 10.8. The summed E-state index contributed by atoms with van der Waals surface area (Å²) in [6, 6.07) is 2.27. The fraction of sp³-hybridized carbons (Fsp3) is 0. The molecule has 0 aliphatic heterocycles. The van der Waals surface area contributed by atoms with Crippen LogP contribution in [-0.4, -0.2) is 6.03 Å². The third-order valence-corrected chi connectivity index (χ3v) is 2.42. The summed E-state index contributed by atoms with van der Waals surface area (Å²) >= 11 is 17.2. The third-order valence-electron chi connectivity index (χ3n) is 1.39. The average molecular weight is 255 g/mol. The summed E-state index contributed by atoms with van der Waals surface area (Å²) < 4.78 is 0. The molecule has 0 aromatic heterocycles. The van der Waals surface area contributed by atoms with Crippen LogP contribution in [0.3, 0.4) is 0 Å². The fourth-order valence-electron chi connectivity index (χ4n) is 0.777. The Hall–Kier alpha value is -0.680. The second-order valence-electron chi connectivity index (χ2n) is 2.34. The minimum atomic E-state index is -0.592. The topological polar surface area (TPSA) is 67.1 Å². The van der Waals surface area contributed by atoms with Crippen molar-refractivity contribution in [2.45, 2.75) is 0 Å². The molecular formula is C7H6Cl3N3O. The first kappa shape index (κ1) is 11.4. The largest absolute Gasteiger partial charge is 0.333 e. The number of hydrogen-bond acceptors (Lipinski definition) is 2. The molecule has 1 aromatic carbocycles. The van der Waals surface area contributed by atoms with Crippen molar-refractivity contribution in [3.8, 4) is 0 Å². The van der Waals surface area contributed by atoms with E-state index in [0.717, 1.165) is 0 Å². The molecular weight excluding hydrogens is 248 g/mol. The lowest BCUT2D eigenvalue weighted by Gasteiger charge is -2.07. The van der Waals surface area contributed by atoms with Crippen LogP contribution in [0.1, 0.15) is 0 Å². The molecule has 14 heavy (non-hydrogen) atoms. The van der Waals surface area contributed by atoms with E-state index in [1.165, 1.54) is 12.1 Å². The molecule has 0 saturated heterocycles. The molecule has 0 aliphatic carbocycles. The van der Waals surface area contributed by atoms with E-state index in [9.17, 15) is 4.79 Å². The average Bonchev–Trinajstić information content (AvgIpc) is 2.14. The molecule has 0 saturated carbocycles. The van der Waals surface area contributed by atoms with Crippen LogP contribution in [0, 0.1) is 0 Å². The third kappa shape index (κ3) is 2.65. The molecule has 0 unspecified atom stereocenters. The Kier molecular flexibility index (Phi) is 3.83. The van der Waals surface area contributed by atoms with Gasteiger partial charge in [-0.05, 0) is 12.1 Å². The molecule has 76 valence electrons. The summed E-state index contributed by atoms with van der Waals surface area (Å²) in [6.45, 7) is 0. The number of rotatable bonds is 1. The normalized spacial score (nSPS) is 9.71. The molecule has 0 atom stereocenters. The second-order valence-corrected chi connectivity index (χ2v) is 3.57. The Morgan fingerprint density at radius 3 is 2.29 bits per heavy atom. The Labute approximate surface area is 95.3 Å². The summed E-state index contributed by atoms with van der Waals surface area (Å²) in [5, 5.41) is 3.27. The number of amides is 2. The molecule has 0 radical (unpaired) electrons. The highest BCUT2D eigenvalue weighted by Gasteiger charge is 2.07. The summed E-state index contributed by atoms with van der Waals surface area (Å²) in [5.41, 5.74) is 2.23. The van der Waals surface area contributed by atoms with Crippen LogP contribution in [0.15, 0.2) is 12.1 Å². The number of nitrogens with one attached hydrogen (secondary N) is 2. The van der Waals surface area contributed by atoms with Crippen LogP contribution in [0.25, 0.3) is 0 Å². The molecule has 0 aliphatic rings. The van der Waals surface area contributed by atoms with Crippen molar-refractivity contribution >= 4 is 46.5 Å². The van der Waals surface area contributed by atoms with Gasteiger partial charge < -0.3 is 5.32 Å². The lowest BCUT2D eigenvalue weighted by atomic mass is 10.3. The predicted octanol–water partition coefficient (Wildman–Crippen LogP) is 2.64. The second kappa shape index (κ2) is 4.70. The highest BCUT2D eigenvalue weighted by molar-refractivity contribution is 6.44. The number of benzene rings is 1. The molecule has 1 aromatic rings. The van der Waals surface area contributed by atoms with Gasteiger partial charge >= 0.3 is 6.03 Å². The van der Waals surface area contributed by atoms with E-state index >= 15 is 0 Å². The molecule has 7 heteroatoms. The molecule has 0 bridgehead atoms. The van der Waals surface area contributed by atoms with Crippen LogP contribution in [0.5, 0.6) is 0 Å². The van der Waals surface area contributed by atoms with E-state index in [-0.39, 0.29) is 5.02 Å². The zero-order chi connectivity index (χ0) is 10.7. The molecule has 0 spiro atoms. The maximum absolute atomic E-state index is 10.8. The van der Waals surface area contributed by atoms with Crippen molar-refractivity contribution in [2.75, 3.05) is 5.32 Å². The predicted molar refractivity (Wildman–Crippen MR) is 57.8 cm³/mol. The molecule has 2 amide bonds. The van der Waals surface area contributed by atoms with Crippen molar-refractivity contribution < 1.29 is 4.79 Å². The number of urea groups is 1. The highest BCUT2D eigenvalue weighted by atomic mass is 35.5. The van der Waals surface area contributed by atoms with Gasteiger partial charge in [-0.3, -0.25) is 5.43 Å². The van der Waals surface area contributed by atoms with E-state index in [2.05, 4.69) is 5.32 Å². The van der Waals surface area contributed by atoms with E-state index in [0.29, 0.717) is 15.7 Å². The Morgan fingerprint density at radius 1 is 1.14 bits per heavy atom. The number of hydrazine groups is 1. The maximum Gasteiger partial charge on any atom is 0.333 e. The Balaban J connectivity index is 2.98. The van der Waals surface area contributed by atoms with Crippen molar-refractivity contribution in [3.63, 3.8) is 0 Å². The van der Waals surface area contributed by atoms with Gasteiger partial charge in [0.15, 0.2) is 0 Å². The zero-order valence-corrected chi connectivity index (χ0v) is 9.04. The molecule has 0 fully saturated rings. The van der Waals surface area contributed by atoms with Gasteiger partial charge in [0, 0.05) is 0 Å². The minimum Gasteiger partial charge on any atom is -0.305 e. The number of halogens is 3. The number of carbonyl (C=O) groups excluding carboxylic acids is 1. The number of carbonyl (C=O) groups is 1. The van der Waals surface area contributed by atoms with Gasteiger partial charge in [-0.1, -0.05) is 34.8 Å². The summed E-state index contributed by atoms with van der Waals surface area (Å²) in [7, 11) is 0. The van der Waals surface area contributed by atoms with E-state index < -0.39 is 6.03 Å². The van der Waals surface area contributed by atoms with Crippen LogP contribution >= 0.6 is 34.8 Å². The van der Waals surface area contributed by atoms with Gasteiger partial charge in [-0.15, -0.1) is 0 Å². The standard InChI is InChI=1S/C7H6Cl3N3O/c8-3-1-5(10)6(2-4(3)9)12-7(14)13-11/h1-2H,11H2,(H2,12,13,14). The smallest absolute Gasteiger partial charge is 0.305 e. The number of hydrogen-bond donors (Lipinski definition) is 3. The first-order chi connectivity index (χ1) is 6.54. The molecule has 4 nitrogen and oxygen atoms in total. The minimum absolute atomic E-state index is 0.281. The number of anilines is 1. The fourth-order valence-corrected chi connectivity index (χ4v) is 1.37. The summed E-state index contributed by atoms with van der Waals surface area (Å²) in [5.74, 6) is 4.87. The monoisotopic (exact) mass is 253 g/mol. The van der Waals surface area contributed by atoms with Crippen LogP contribution in [0.2, 0.25) is 15.1 Å². The highest BCUT2D eigenvalue weighted by Crippen LogP contribution is 2.31. The van der Waals surface area contributed by atoms with Crippen LogP contribution < -0.4 is 16.6 Å². The van der Waals surface area contributed by atoms with Crippen molar-refractivity contribution in [1.82, 2.24) is 5.43 Å². The Morgan fingerprint density at radius 2 is 1.71 bits per heavy atom. The van der Waals surface area contributed by atoms with Gasteiger partial charge in [0.2, 0.25) is 0 Å². The molecule has 0 heterocycles. The van der Waals surface area contributed by atoms with Gasteiger partial charge in [0.25, 0.3) is 0 Å². The first-order valence-electron chi connectivity index (χ1n) is 3.46. The van der Waals surface area contributed by atoms with Gasteiger partial charge in [-0.2, -0.15) is 0 Å². The molecule has 4 N–H and O–H groups in total.